The Kier molecular flexibility index (Phi) is 4.49. The predicted octanol–water partition coefficient (Wildman–Crippen LogP) is 2.77. The first-order chi connectivity index (χ1) is 9.99. The third-order valence-corrected chi connectivity index (χ3v) is 3.57. The van der Waals surface area contributed by atoms with Crippen molar-refractivity contribution in [3.63, 3.8) is 0 Å². The molecule has 0 aliphatic heterocycles. The van der Waals surface area contributed by atoms with Gasteiger partial charge in [-0.15, -0.1) is 0 Å². The van der Waals surface area contributed by atoms with E-state index in [9.17, 15) is 4.79 Å². The Hall–Kier alpha value is -2.47. The van der Waals surface area contributed by atoms with Gasteiger partial charge in [0.2, 0.25) is 0 Å². The Bertz CT molecular complexity index is 716. The smallest absolute Gasteiger partial charge is 0.270 e. The van der Waals surface area contributed by atoms with Gasteiger partial charge in [-0.25, -0.2) is 0 Å². The second-order valence-electron chi connectivity index (χ2n) is 5.27. The number of hydrogen-bond donors (Lipinski definition) is 0. The maximum absolute atomic E-state index is 12.2. The average molecular weight is 280 g/mol. The summed E-state index contributed by atoms with van der Waals surface area (Å²) in [5.74, 6) is 6.15. The van der Waals surface area contributed by atoms with Crippen molar-refractivity contribution in [1.82, 2.24) is 9.47 Å². The second-order valence-corrected chi connectivity index (χ2v) is 5.27. The molecule has 1 heterocycles. The van der Waals surface area contributed by atoms with Gasteiger partial charge in [0, 0.05) is 25.9 Å². The van der Waals surface area contributed by atoms with Crippen molar-refractivity contribution in [3.05, 3.63) is 58.9 Å². The fourth-order valence-corrected chi connectivity index (χ4v) is 2.03. The lowest BCUT2D eigenvalue weighted by Gasteiger charge is -2.14. The first-order valence-electron chi connectivity index (χ1n) is 6.92. The van der Waals surface area contributed by atoms with E-state index in [-0.39, 0.29) is 5.91 Å². The Morgan fingerprint density at radius 3 is 2.62 bits per heavy atom. The highest BCUT2D eigenvalue weighted by molar-refractivity contribution is 5.92. The van der Waals surface area contributed by atoms with E-state index >= 15 is 0 Å². The van der Waals surface area contributed by atoms with Crippen LogP contribution in [0, 0.1) is 25.7 Å². The van der Waals surface area contributed by atoms with Crippen LogP contribution in [-0.4, -0.2) is 29.0 Å². The zero-order valence-corrected chi connectivity index (χ0v) is 13.0. The van der Waals surface area contributed by atoms with Crippen molar-refractivity contribution >= 4 is 5.91 Å². The molecular weight excluding hydrogens is 260 g/mol. The van der Waals surface area contributed by atoms with Gasteiger partial charge >= 0.3 is 0 Å². The van der Waals surface area contributed by atoms with Gasteiger partial charge in [0.1, 0.15) is 5.69 Å². The lowest BCUT2D eigenvalue weighted by Crippen LogP contribution is -2.28. The van der Waals surface area contributed by atoms with Crippen molar-refractivity contribution in [2.24, 2.45) is 7.05 Å². The molecule has 1 amide bonds. The molecule has 3 nitrogen and oxygen atoms in total. The summed E-state index contributed by atoms with van der Waals surface area (Å²) >= 11 is 0. The molecule has 108 valence electrons. The van der Waals surface area contributed by atoms with E-state index in [2.05, 4.69) is 37.8 Å². The highest BCUT2D eigenvalue weighted by atomic mass is 16.2. The molecule has 1 aromatic carbocycles. The standard InChI is InChI=1S/C18H20N2O/c1-14-9-10-16(13-15(14)2)7-5-12-20(4)18(21)17-8-6-11-19(17)3/h6,8-11,13H,12H2,1-4H3. The predicted molar refractivity (Wildman–Crippen MR) is 85.2 cm³/mol. The van der Waals surface area contributed by atoms with Gasteiger partial charge in [-0.2, -0.15) is 0 Å². The molecule has 3 heteroatoms. The van der Waals surface area contributed by atoms with Crippen LogP contribution in [0.5, 0.6) is 0 Å². The van der Waals surface area contributed by atoms with Crippen molar-refractivity contribution in [1.29, 1.82) is 0 Å². The van der Waals surface area contributed by atoms with Crippen molar-refractivity contribution < 1.29 is 4.79 Å². The Morgan fingerprint density at radius 1 is 1.24 bits per heavy atom. The molecule has 0 aliphatic rings. The first kappa shape index (κ1) is 14.9. The van der Waals surface area contributed by atoms with Crippen LogP contribution >= 0.6 is 0 Å². The summed E-state index contributed by atoms with van der Waals surface area (Å²) in [7, 11) is 3.63. The zero-order chi connectivity index (χ0) is 15.4. The van der Waals surface area contributed by atoms with E-state index in [0.717, 1.165) is 5.56 Å². The third-order valence-electron chi connectivity index (χ3n) is 3.57. The summed E-state index contributed by atoms with van der Waals surface area (Å²) < 4.78 is 1.82. The van der Waals surface area contributed by atoms with Gasteiger partial charge in [0.15, 0.2) is 0 Å². The van der Waals surface area contributed by atoms with Gasteiger partial charge in [0.05, 0.1) is 6.54 Å². The zero-order valence-electron chi connectivity index (χ0n) is 13.0. The summed E-state index contributed by atoms with van der Waals surface area (Å²) in [6.07, 6.45) is 1.86. The van der Waals surface area contributed by atoms with Crippen molar-refractivity contribution in [2.75, 3.05) is 13.6 Å². The molecule has 0 saturated carbocycles. The fourth-order valence-electron chi connectivity index (χ4n) is 2.03. The largest absolute Gasteiger partial charge is 0.347 e. The Morgan fingerprint density at radius 2 is 2.00 bits per heavy atom. The molecule has 0 N–H and O–H groups in total. The molecule has 2 aromatic rings. The number of carbonyl (C=O) groups is 1. The van der Waals surface area contributed by atoms with E-state index in [4.69, 9.17) is 0 Å². The molecule has 0 saturated heterocycles. The summed E-state index contributed by atoms with van der Waals surface area (Å²) in [5, 5.41) is 0. The minimum atomic E-state index is -0.0168. The molecule has 0 bridgehead atoms. The van der Waals surface area contributed by atoms with Gasteiger partial charge in [-0.05, 0) is 49.2 Å². The highest BCUT2D eigenvalue weighted by Gasteiger charge is 2.12. The van der Waals surface area contributed by atoms with Crippen LogP contribution in [0.4, 0.5) is 0 Å². The van der Waals surface area contributed by atoms with E-state index in [0.29, 0.717) is 12.2 Å². The molecule has 0 radical (unpaired) electrons. The number of amides is 1. The molecule has 21 heavy (non-hydrogen) atoms. The van der Waals surface area contributed by atoms with Crippen molar-refractivity contribution in [3.8, 4) is 11.8 Å². The van der Waals surface area contributed by atoms with E-state index in [1.165, 1.54) is 11.1 Å². The molecule has 0 unspecified atom stereocenters. The third kappa shape index (κ3) is 3.55. The summed E-state index contributed by atoms with van der Waals surface area (Å²) in [6.45, 7) is 4.57. The van der Waals surface area contributed by atoms with Crippen LogP contribution < -0.4 is 0 Å². The topological polar surface area (TPSA) is 25.2 Å². The SMILES string of the molecule is Cc1ccc(C#CCN(C)C(=O)c2cccn2C)cc1C. The van der Waals surface area contributed by atoms with Gasteiger partial charge in [-0.3, -0.25) is 4.79 Å². The summed E-state index contributed by atoms with van der Waals surface area (Å²) in [6, 6.07) is 9.82. The number of carbonyl (C=O) groups excluding carboxylic acids is 1. The molecule has 0 fully saturated rings. The number of benzene rings is 1. The quantitative estimate of drug-likeness (QED) is 0.777. The van der Waals surface area contributed by atoms with E-state index < -0.39 is 0 Å². The number of aromatic nitrogens is 1. The minimum Gasteiger partial charge on any atom is -0.347 e. The normalized spacial score (nSPS) is 9.90. The lowest BCUT2D eigenvalue weighted by atomic mass is 10.1. The molecular formula is C18H20N2O. The van der Waals surface area contributed by atoms with Crippen molar-refractivity contribution in [2.45, 2.75) is 13.8 Å². The fraction of sp³-hybridized carbons (Fsp3) is 0.278. The molecule has 0 spiro atoms. The Labute approximate surface area is 126 Å². The number of rotatable bonds is 2. The van der Waals surface area contributed by atoms with Gasteiger partial charge in [0.25, 0.3) is 5.91 Å². The number of nitrogens with zero attached hydrogens (tertiary/aromatic N) is 2. The summed E-state index contributed by atoms with van der Waals surface area (Å²) in [5.41, 5.74) is 4.15. The van der Waals surface area contributed by atoms with Crippen LogP contribution in [-0.2, 0) is 7.05 Å². The maximum Gasteiger partial charge on any atom is 0.270 e. The molecule has 0 atom stereocenters. The van der Waals surface area contributed by atoms with Crippen LogP contribution in [0.25, 0.3) is 0 Å². The van der Waals surface area contributed by atoms with Crippen LogP contribution in [0.1, 0.15) is 27.2 Å². The highest BCUT2D eigenvalue weighted by Crippen LogP contribution is 2.08. The van der Waals surface area contributed by atoms with Crippen LogP contribution in [0.2, 0.25) is 0 Å². The van der Waals surface area contributed by atoms with Gasteiger partial charge < -0.3 is 9.47 Å². The average Bonchev–Trinajstić information content (AvgIpc) is 2.88. The molecule has 2 rings (SSSR count). The number of aryl methyl sites for hydroxylation is 3. The number of hydrogen-bond acceptors (Lipinski definition) is 1. The van der Waals surface area contributed by atoms with E-state index in [1.807, 2.05) is 36.0 Å². The van der Waals surface area contributed by atoms with E-state index in [1.54, 1.807) is 11.9 Å². The first-order valence-corrected chi connectivity index (χ1v) is 6.92. The monoisotopic (exact) mass is 280 g/mol. The van der Waals surface area contributed by atoms with Crippen LogP contribution in [0.3, 0.4) is 0 Å². The molecule has 0 aliphatic carbocycles. The van der Waals surface area contributed by atoms with Gasteiger partial charge in [-0.1, -0.05) is 17.9 Å². The second kappa shape index (κ2) is 6.32. The molecule has 1 aromatic heterocycles. The Balaban J connectivity index is 2.03. The van der Waals surface area contributed by atoms with Crippen LogP contribution in [0.15, 0.2) is 36.5 Å². The summed E-state index contributed by atoms with van der Waals surface area (Å²) in [4.78, 5) is 13.8. The lowest BCUT2D eigenvalue weighted by molar-refractivity contribution is 0.0803. The maximum atomic E-state index is 12.2. The minimum absolute atomic E-state index is 0.0168.